The number of hydrogen-bond donors (Lipinski definition) is 0. The number of aromatic nitrogens is 1. The first-order chi connectivity index (χ1) is 15.4. The molecule has 0 amide bonds. The second-order valence-corrected chi connectivity index (χ2v) is 10.5. The van der Waals surface area contributed by atoms with Crippen LogP contribution < -0.4 is 0 Å². The lowest BCUT2D eigenvalue weighted by Gasteiger charge is -2.20. The number of hydrogen-bond acceptors (Lipinski definition) is 2. The van der Waals surface area contributed by atoms with E-state index in [0.29, 0.717) is 0 Å². The molecule has 0 aliphatic rings. The molecule has 0 unspecified atom stereocenters. The van der Waals surface area contributed by atoms with Gasteiger partial charge in [0.15, 0.2) is 0 Å². The summed E-state index contributed by atoms with van der Waals surface area (Å²) in [5.74, 6) is 0. The second-order valence-electron chi connectivity index (χ2n) is 9.44. The van der Waals surface area contributed by atoms with E-state index in [2.05, 4.69) is 113 Å². The second kappa shape index (κ2) is 8.03. The molecule has 0 aliphatic carbocycles. The quantitative estimate of drug-likeness (QED) is 0.277. The molecular formula is C30H27NS. The first-order valence-electron chi connectivity index (χ1n) is 11.1. The highest BCUT2D eigenvalue weighted by Crippen LogP contribution is 2.45. The van der Waals surface area contributed by atoms with Crippen LogP contribution in [-0.4, -0.2) is 4.98 Å². The number of nitrogens with zero attached hydrogens (tertiary/aromatic N) is 1. The molecule has 2 heteroatoms. The van der Waals surface area contributed by atoms with Crippen LogP contribution in [0.5, 0.6) is 0 Å². The summed E-state index contributed by atoms with van der Waals surface area (Å²) < 4.78 is 1.22. The number of aryl methyl sites for hydroxylation is 1. The van der Waals surface area contributed by atoms with Crippen molar-refractivity contribution in [1.29, 1.82) is 0 Å². The van der Waals surface area contributed by atoms with Gasteiger partial charge in [0.1, 0.15) is 0 Å². The van der Waals surface area contributed by atoms with Crippen molar-refractivity contribution in [3.8, 4) is 32.8 Å². The molecule has 0 spiro atoms. The van der Waals surface area contributed by atoms with Crippen molar-refractivity contribution in [3.05, 3.63) is 102 Å². The zero-order chi connectivity index (χ0) is 22.3. The predicted molar refractivity (Wildman–Crippen MR) is 139 cm³/mol. The molecule has 0 aliphatic heterocycles. The van der Waals surface area contributed by atoms with Gasteiger partial charge >= 0.3 is 0 Å². The fourth-order valence-corrected chi connectivity index (χ4v) is 5.39. The van der Waals surface area contributed by atoms with Crippen LogP contribution >= 0.6 is 11.3 Å². The third kappa shape index (κ3) is 3.87. The zero-order valence-corrected chi connectivity index (χ0v) is 19.8. The summed E-state index contributed by atoms with van der Waals surface area (Å²) in [7, 11) is 0. The highest BCUT2D eigenvalue weighted by Gasteiger charge is 2.19. The largest absolute Gasteiger partial charge is 0.255 e. The Bertz CT molecular complexity index is 1390. The Morgan fingerprint density at radius 2 is 1.38 bits per heavy atom. The standard InChI is InChI=1S/C30H27NS/c1-20-15-23(17-24(16-20)30(2,3)4)26-18-25-27(19-31-26)32-29(22-13-9-6-10-14-22)28(25)21-11-7-5-8-12-21/h5-19H,1-4H3. The minimum atomic E-state index is 0.100. The van der Waals surface area contributed by atoms with Crippen molar-refractivity contribution in [2.24, 2.45) is 0 Å². The third-order valence-electron chi connectivity index (χ3n) is 5.91. The van der Waals surface area contributed by atoms with Gasteiger partial charge in [-0.15, -0.1) is 11.3 Å². The fourth-order valence-electron chi connectivity index (χ4n) is 4.21. The van der Waals surface area contributed by atoms with E-state index in [9.17, 15) is 0 Å². The Morgan fingerprint density at radius 3 is 2.03 bits per heavy atom. The SMILES string of the molecule is Cc1cc(-c2cc3c(-c4ccccc4)c(-c4ccccc4)sc3cn2)cc(C(C)(C)C)c1. The van der Waals surface area contributed by atoms with E-state index in [4.69, 9.17) is 4.98 Å². The van der Waals surface area contributed by atoms with Gasteiger partial charge in [0.05, 0.1) is 10.4 Å². The van der Waals surface area contributed by atoms with Gasteiger partial charge in [0.25, 0.3) is 0 Å². The van der Waals surface area contributed by atoms with Gasteiger partial charge in [-0.05, 0) is 47.2 Å². The summed E-state index contributed by atoms with van der Waals surface area (Å²) in [6, 6.07) is 30.5. The van der Waals surface area contributed by atoms with Crippen LogP contribution in [0.2, 0.25) is 0 Å². The first-order valence-corrected chi connectivity index (χ1v) is 11.9. The van der Waals surface area contributed by atoms with Crippen LogP contribution in [0.15, 0.2) is 91.1 Å². The molecule has 0 saturated carbocycles. The summed E-state index contributed by atoms with van der Waals surface area (Å²) in [5.41, 5.74) is 8.71. The van der Waals surface area contributed by atoms with E-state index in [1.54, 1.807) is 0 Å². The monoisotopic (exact) mass is 433 g/mol. The van der Waals surface area contributed by atoms with Crippen molar-refractivity contribution in [3.63, 3.8) is 0 Å². The van der Waals surface area contributed by atoms with Crippen molar-refractivity contribution in [2.45, 2.75) is 33.1 Å². The first kappa shape index (κ1) is 20.7. The minimum absolute atomic E-state index is 0.100. The number of rotatable bonds is 3. The van der Waals surface area contributed by atoms with Crippen molar-refractivity contribution in [1.82, 2.24) is 4.98 Å². The van der Waals surface area contributed by atoms with E-state index in [-0.39, 0.29) is 5.41 Å². The summed E-state index contributed by atoms with van der Waals surface area (Å²) in [6.45, 7) is 8.97. The number of pyridine rings is 1. The molecule has 158 valence electrons. The molecule has 3 aromatic carbocycles. The van der Waals surface area contributed by atoms with Crippen LogP contribution in [0.4, 0.5) is 0 Å². The lowest BCUT2D eigenvalue weighted by Crippen LogP contribution is -2.11. The summed E-state index contributed by atoms with van der Waals surface area (Å²) in [5, 5.41) is 1.27. The highest BCUT2D eigenvalue weighted by molar-refractivity contribution is 7.23. The average molecular weight is 434 g/mol. The van der Waals surface area contributed by atoms with Gasteiger partial charge in [-0.2, -0.15) is 0 Å². The minimum Gasteiger partial charge on any atom is -0.255 e. The molecular weight excluding hydrogens is 406 g/mol. The van der Waals surface area contributed by atoms with Gasteiger partial charge < -0.3 is 0 Å². The molecule has 0 bridgehead atoms. The summed E-state index contributed by atoms with van der Waals surface area (Å²) >= 11 is 1.82. The van der Waals surface area contributed by atoms with Crippen LogP contribution in [-0.2, 0) is 5.41 Å². The highest BCUT2D eigenvalue weighted by atomic mass is 32.1. The van der Waals surface area contributed by atoms with E-state index >= 15 is 0 Å². The predicted octanol–water partition coefficient (Wildman–Crippen LogP) is 8.90. The molecule has 5 aromatic rings. The Balaban J connectivity index is 1.76. The molecule has 0 N–H and O–H groups in total. The lowest BCUT2D eigenvalue weighted by atomic mass is 9.84. The number of fused-ring (bicyclic) bond motifs is 1. The third-order valence-corrected chi connectivity index (χ3v) is 7.10. The fraction of sp³-hybridized carbons (Fsp3) is 0.167. The smallest absolute Gasteiger partial charge is 0.0709 e. The zero-order valence-electron chi connectivity index (χ0n) is 19.0. The van der Waals surface area contributed by atoms with Crippen molar-refractivity contribution in [2.75, 3.05) is 0 Å². The van der Waals surface area contributed by atoms with Gasteiger partial charge in [0, 0.05) is 27.6 Å². The van der Waals surface area contributed by atoms with Gasteiger partial charge in [-0.3, -0.25) is 4.98 Å². The molecule has 32 heavy (non-hydrogen) atoms. The maximum absolute atomic E-state index is 4.89. The van der Waals surface area contributed by atoms with E-state index in [1.807, 2.05) is 17.5 Å². The Morgan fingerprint density at radius 1 is 0.719 bits per heavy atom. The van der Waals surface area contributed by atoms with E-state index in [1.165, 1.54) is 48.3 Å². The number of benzene rings is 3. The van der Waals surface area contributed by atoms with Crippen molar-refractivity contribution >= 4 is 21.4 Å². The van der Waals surface area contributed by atoms with Gasteiger partial charge in [0.2, 0.25) is 0 Å². The average Bonchev–Trinajstić information content (AvgIpc) is 3.18. The Kier molecular flexibility index (Phi) is 5.19. The van der Waals surface area contributed by atoms with Crippen LogP contribution in [0.1, 0.15) is 31.9 Å². The van der Waals surface area contributed by atoms with Crippen molar-refractivity contribution < 1.29 is 0 Å². The van der Waals surface area contributed by atoms with Gasteiger partial charge in [-0.25, -0.2) is 0 Å². The van der Waals surface area contributed by atoms with Crippen LogP contribution in [0.3, 0.4) is 0 Å². The topological polar surface area (TPSA) is 12.9 Å². The van der Waals surface area contributed by atoms with Gasteiger partial charge in [-0.1, -0.05) is 93.1 Å². The normalized spacial score (nSPS) is 11.8. The molecule has 2 aromatic heterocycles. The molecule has 2 heterocycles. The maximum Gasteiger partial charge on any atom is 0.0709 e. The van der Waals surface area contributed by atoms with Crippen LogP contribution in [0, 0.1) is 6.92 Å². The Labute approximate surface area is 194 Å². The molecule has 1 nitrogen and oxygen atoms in total. The van der Waals surface area contributed by atoms with E-state index in [0.717, 1.165) is 5.69 Å². The molecule has 0 radical (unpaired) electrons. The molecule has 5 rings (SSSR count). The summed E-state index contributed by atoms with van der Waals surface area (Å²) in [4.78, 5) is 6.19. The summed E-state index contributed by atoms with van der Waals surface area (Å²) in [6.07, 6.45) is 2.05. The number of thiophene rings is 1. The van der Waals surface area contributed by atoms with Crippen LogP contribution in [0.25, 0.3) is 42.9 Å². The lowest BCUT2D eigenvalue weighted by molar-refractivity contribution is 0.590. The molecule has 0 saturated heterocycles. The van der Waals surface area contributed by atoms with E-state index < -0.39 is 0 Å². The maximum atomic E-state index is 4.89. The molecule has 0 fully saturated rings. The Hall–Kier alpha value is -3.23. The molecule has 0 atom stereocenters.